The molecule has 0 radical (unpaired) electrons. The van der Waals surface area contributed by atoms with Gasteiger partial charge in [0, 0.05) is 39.9 Å². The predicted octanol–water partition coefficient (Wildman–Crippen LogP) is 5.12. The standard InChI is InChI=1S/C23H20ClN3O3S/c1-13-8-9-15(10-18(13)24)25-21(28)12-27-22(29)20(31-23(27)30)11-17-14(2)26(3)19-7-5-4-6-16(17)19/h4-11H,12H2,1-3H3,(H,25,28)/b20-11-. The maximum atomic E-state index is 12.9. The number of benzene rings is 2. The number of nitrogens with zero attached hydrogens (tertiary/aromatic N) is 2. The van der Waals surface area contributed by atoms with Crippen molar-refractivity contribution >= 4 is 63.1 Å². The van der Waals surface area contributed by atoms with Crippen LogP contribution in [-0.4, -0.2) is 33.1 Å². The van der Waals surface area contributed by atoms with Gasteiger partial charge >= 0.3 is 0 Å². The number of aryl methyl sites for hydroxylation is 2. The average Bonchev–Trinajstić information content (AvgIpc) is 3.14. The Morgan fingerprint density at radius 3 is 2.65 bits per heavy atom. The second kappa shape index (κ2) is 8.24. The molecule has 4 rings (SSSR count). The minimum atomic E-state index is -0.473. The molecule has 1 N–H and O–H groups in total. The topological polar surface area (TPSA) is 71.4 Å². The van der Waals surface area contributed by atoms with Gasteiger partial charge in [-0.25, -0.2) is 0 Å². The molecule has 1 saturated heterocycles. The van der Waals surface area contributed by atoms with Crippen molar-refractivity contribution in [2.45, 2.75) is 13.8 Å². The quantitative estimate of drug-likeness (QED) is 0.556. The van der Waals surface area contributed by atoms with Gasteiger partial charge in [-0.05, 0) is 55.4 Å². The molecular formula is C23H20ClN3O3S. The summed E-state index contributed by atoms with van der Waals surface area (Å²) in [5.74, 6) is -0.941. The number of para-hydroxylation sites is 1. The first-order valence-electron chi connectivity index (χ1n) is 9.61. The normalized spacial score (nSPS) is 15.4. The molecule has 8 heteroatoms. The van der Waals surface area contributed by atoms with E-state index in [2.05, 4.69) is 5.32 Å². The van der Waals surface area contributed by atoms with E-state index in [0.717, 1.165) is 44.4 Å². The van der Waals surface area contributed by atoms with Gasteiger partial charge in [0.2, 0.25) is 5.91 Å². The minimum Gasteiger partial charge on any atom is -0.347 e. The SMILES string of the molecule is Cc1ccc(NC(=O)CN2C(=O)S/C(=C\c3c(C)n(C)c4ccccc34)C2=O)cc1Cl. The second-order valence-corrected chi connectivity index (χ2v) is 8.76. The summed E-state index contributed by atoms with van der Waals surface area (Å²) < 4.78 is 2.05. The van der Waals surface area contributed by atoms with Crippen LogP contribution in [0.15, 0.2) is 47.4 Å². The van der Waals surface area contributed by atoms with Gasteiger partial charge in [0.25, 0.3) is 11.1 Å². The monoisotopic (exact) mass is 453 g/mol. The lowest BCUT2D eigenvalue weighted by molar-refractivity contribution is -0.127. The summed E-state index contributed by atoms with van der Waals surface area (Å²) in [7, 11) is 1.96. The molecule has 1 fully saturated rings. The Morgan fingerprint density at radius 1 is 1.16 bits per heavy atom. The summed E-state index contributed by atoms with van der Waals surface area (Å²) in [5, 5.41) is 3.74. The van der Waals surface area contributed by atoms with E-state index in [1.807, 2.05) is 49.7 Å². The molecule has 0 bridgehead atoms. The molecule has 2 heterocycles. The van der Waals surface area contributed by atoms with Gasteiger partial charge in [-0.1, -0.05) is 35.9 Å². The van der Waals surface area contributed by atoms with Crippen LogP contribution in [0.3, 0.4) is 0 Å². The van der Waals surface area contributed by atoms with Crippen LogP contribution in [-0.2, 0) is 16.6 Å². The first-order valence-corrected chi connectivity index (χ1v) is 10.8. The number of imide groups is 1. The zero-order chi connectivity index (χ0) is 22.3. The highest BCUT2D eigenvalue weighted by Gasteiger charge is 2.36. The third kappa shape index (κ3) is 3.98. The van der Waals surface area contributed by atoms with E-state index in [-0.39, 0.29) is 6.54 Å². The molecule has 6 nitrogen and oxygen atoms in total. The Kier molecular flexibility index (Phi) is 5.64. The van der Waals surface area contributed by atoms with E-state index in [0.29, 0.717) is 15.6 Å². The molecule has 0 aliphatic carbocycles. The van der Waals surface area contributed by atoms with Crippen LogP contribution in [0.25, 0.3) is 17.0 Å². The fraction of sp³-hybridized carbons (Fsp3) is 0.174. The number of thioether (sulfide) groups is 1. The highest BCUT2D eigenvalue weighted by molar-refractivity contribution is 8.18. The summed E-state index contributed by atoms with van der Waals surface area (Å²) in [6.07, 6.45) is 1.74. The largest absolute Gasteiger partial charge is 0.347 e. The van der Waals surface area contributed by atoms with Crippen LogP contribution in [0.1, 0.15) is 16.8 Å². The summed E-state index contributed by atoms with van der Waals surface area (Å²) in [5.41, 5.74) is 4.32. The van der Waals surface area contributed by atoms with E-state index < -0.39 is 17.1 Å². The summed E-state index contributed by atoms with van der Waals surface area (Å²) >= 11 is 6.93. The first kappa shape index (κ1) is 21.2. The van der Waals surface area contributed by atoms with Crippen LogP contribution in [0.4, 0.5) is 10.5 Å². The number of carbonyl (C=O) groups is 3. The molecular weight excluding hydrogens is 434 g/mol. The van der Waals surface area contributed by atoms with E-state index in [4.69, 9.17) is 11.6 Å². The lowest BCUT2D eigenvalue weighted by Crippen LogP contribution is -2.36. The van der Waals surface area contributed by atoms with E-state index >= 15 is 0 Å². The highest BCUT2D eigenvalue weighted by Crippen LogP contribution is 2.35. The van der Waals surface area contributed by atoms with Gasteiger partial charge in [0.1, 0.15) is 6.54 Å². The zero-order valence-corrected chi connectivity index (χ0v) is 18.8. The number of carbonyl (C=O) groups excluding carboxylic acids is 3. The van der Waals surface area contributed by atoms with Crippen molar-refractivity contribution in [2.24, 2.45) is 7.05 Å². The number of amides is 3. The van der Waals surface area contributed by atoms with Crippen molar-refractivity contribution in [1.82, 2.24) is 9.47 Å². The van der Waals surface area contributed by atoms with Crippen molar-refractivity contribution in [3.63, 3.8) is 0 Å². The maximum absolute atomic E-state index is 12.9. The number of hydrogen-bond donors (Lipinski definition) is 1. The Bertz CT molecular complexity index is 1280. The molecule has 0 saturated carbocycles. The minimum absolute atomic E-state index is 0.302. The van der Waals surface area contributed by atoms with Crippen molar-refractivity contribution in [1.29, 1.82) is 0 Å². The van der Waals surface area contributed by atoms with Gasteiger partial charge in [0.05, 0.1) is 4.91 Å². The predicted molar refractivity (Wildman–Crippen MR) is 125 cm³/mol. The van der Waals surface area contributed by atoms with Crippen LogP contribution in [0, 0.1) is 13.8 Å². The molecule has 0 spiro atoms. The fourth-order valence-corrected chi connectivity index (χ4v) is 4.52. The summed E-state index contributed by atoms with van der Waals surface area (Å²) in [6.45, 7) is 3.47. The molecule has 1 aliphatic rings. The summed E-state index contributed by atoms with van der Waals surface area (Å²) in [6, 6.07) is 13.0. The Hall–Kier alpha value is -3.03. The maximum Gasteiger partial charge on any atom is 0.294 e. The third-order valence-electron chi connectivity index (χ3n) is 5.35. The van der Waals surface area contributed by atoms with Crippen LogP contribution >= 0.6 is 23.4 Å². The number of halogens is 1. The average molecular weight is 454 g/mol. The van der Waals surface area contributed by atoms with E-state index in [1.165, 1.54) is 0 Å². The van der Waals surface area contributed by atoms with E-state index in [9.17, 15) is 14.4 Å². The van der Waals surface area contributed by atoms with Crippen molar-refractivity contribution in [3.8, 4) is 0 Å². The van der Waals surface area contributed by atoms with Gasteiger partial charge in [-0.2, -0.15) is 0 Å². The lowest BCUT2D eigenvalue weighted by atomic mass is 10.1. The van der Waals surface area contributed by atoms with Gasteiger partial charge in [-0.3, -0.25) is 19.3 Å². The van der Waals surface area contributed by atoms with Crippen molar-refractivity contribution in [2.75, 3.05) is 11.9 Å². The van der Waals surface area contributed by atoms with Crippen LogP contribution < -0.4 is 5.32 Å². The molecule has 1 aromatic heterocycles. The molecule has 0 unspecified atom stereocenters. The molecule has 3 amide bonds. The highest BCUT2D eigenvalue weighted by atomic mass is 35.5. The number of rotatable bonds is 4. The Balaban J connectivity index is 1.55. The number of nitrogens with one attached hydrogen (secondary N) is 1. The number of hydrogen-bond acceptors (Lipinski definition) is 4. The molecule has 3 aromatic rings. The van der Waals surface area contributed by atoms with Crippen molar-refractivity contribution < 1.29 is 14.4 Å². The smallest absolute Gasteiger partial charge is 0.294 e. The van der Waals surface area contributed by atoms with Crippen LogP contribution in [0.2, 0.25) is 5.02 Å². The molecule has 158 valence electrons. The number of aromatic nitrogens is 1. The molecule has 1 aliphatic heterocycles. The fourth-order valence-electron chi connectivity index (χ4n) is 3.51. The van der Waals surface area contributed by atoms with Gasteiger partial charge < -0.3 is 9.88 Å². The molecule has 0 atom stereocenters. The molecule has 2 aromatic carbocycles. The number of fused-ring (bicyclic) bond motifs is 1. The lowest BCUT2D eigenvalue weighted by Gasteiger charge is -2.13. The molecule has 31 heavy (non-hydrogen) atoms. The van der Waals surface area contributed by atoms with Gasteiger partial charge in [0.15, 0.2) is 0 Å². The third-order valence-corrected chi connectivity index (χ3v) is 6.67. The Labute approximate surface area is 188 Å². The zero-order valence-electron chi connectivity index (χ0n) is 17.2. The van der Waals surface area contributed by atoms with Crippen molar-refractivity contribution in [3.05, 3.63) is 69.2 Å². The Morgan fingerprint density at radius 2 is 1.90 bits per heavy atom. The van der Waals surface area contributed by atoms with Crippen LogP contribution in [0.5, 0.6) is 0 Å². The first-order chi connectivity index (χ1) is 14.8. The van der Waals surface area contributed by atoms with E-state index in [1.54, 1.807) is 24.3 Å². The summed E-state index contributed by atoms with van der Waals surface area (Å²) in [4.78, 5) is 39.0. The second-order valence-electron chi connectivity index (χ2n) is 7.36. The number of anilines is 1. The van der Waals surface area contributed by atoms with Gasteiger partial charge in [-0.15, -0.1) is 0 Å².